The van der Waals surface area contributed by atoms with Gasteiger partial charge in [0.2, 0.25) is 0 Å². The average molecular weight is 873 g/mol. The second-order valence-corrected chi connectivity index (χ2v) is 19.9. The van der Waals surface area contributed by atoms with Gasteiger partial charge in [-0.15, -0.1) is 0 Å². The van der Waals surface area contributed by atoms with E-state index >= 15 is 0 Å². The molecule has 0 N–H and O–H groups in total. The van der Waals surface area contributed by atoms with E-state index < -0.39 is 0 Å². The molecule has 0 aromatic heterocycles. The Morgan fingerprint density at radius 3 is 1.39 bits per heavy atom. The summed E-state index contributed by atoms with van der Waals surface area (Å²) >= 11 is 0. The van der Waals surface area contributed by atoms with Gasteiger partial charge in [-0.2, -0.15) is 0 Å². The lowest BCUT2D eigenvalue weighted by Gasteiger charge is -2.23. The van der Waals surface area contributed by atoms with Crippen LogP contribution in [-0.4, -0.2) is 0 Å². The van der Waals surface area contributed by atoms with E-state index in [1.165, 1.54) is 153 Å². The van der Waals surface area contributed by atoms with E-state index in [-0.39, 0.29) is 5.41 Å². The largest absolute Gasteiger partial charge is 0.0622 e. The number of rotatable bonds is 5. The maximum Gasteiger partial charge on any atom is 0.0159 e. The van der Waals surface area contributed by atoms with Gasteiger partial charge >= 0.3 is 0 Å². The highest BCUT2D eigenvalue weighted by Crippen LogP contribution is 2.53. The minimum absolute atomic E-state index is 0.114. The van der Waals surface area contributed by atoms with Gasteiger partial charge in [-0.05, 0) is 171 Å². The average Bonchev–Trinajstić information content (AvgIpc) is 3.64. The maximum atomic E-state index is 2.53. The van der Waals surface area contributed by atoms with Crippen LogP contribution >= 0.6 is 0 Å². The SMILES string of the molecule is CC1(C)c2ccccc2-c2ccc(-c3cc(-c4ccc5ccc6cccc7ccc4c5c67)c(-c4ccc(-c5ccc6ccc7cccc8ccc5c6c78)c(-c5ccccc5)c4)c4ccccc34)cc21. The predicted octanol–water partition coefficient (Wildman–Crippen LogP) is 19.3. The minimum atomic E-state index is -0.114. The Morgan fingerprint density at radius 2 is 0.725 bits per heavy atom. The summed E-state index contributed by atoms with van der Waals surface area (Å²) in [6, 6.07) is 87.4. The van der Waals surface area contributed by atoms with Crippen molar-refractivity contribution >= 4 is 75.4 Å². The van der Waals surface area contributed by atoms with Crippen molar-refractivity contribution in [2.45, 2.75) is 19.3 Å². The molecule has 0 saturated heterocycles. The molecule has 0 amide bonds. The highest BCUT2D eigenvalue weighted by molar-refractivity contribution is 6.28. The molecule has 0 spiro atoms. The zero-order valence-electron chi connectivity index (χ0n) is 38.4. The van der Waals surface area contributed by atoms with Crippen LogP contribution in [0.2, 0.25) is 0 Å². The monoisotopic (exact) mass is 872 g/mol. The number of benzene rings is 14. The summed E-state index contributed by atoms with van der Waals surface area (Å²) in [5.74, 6) is 0. The van der Waals surface area contributed by atoms with Gasteiger partial charge in [0, 0.05) is 5.41 Å². The number of hydrogen-bond acceptors (Lipinski definition) is 0. The topological polar surface area (TPSA) is 0 Å². The van der Waals surface area contributed by atoms with Crippen molar-refractivity contribution in [1.82, 2.24) is 0 Å². The smallest absolute Gasteiger partial charge is 0.0159 e. The lowest BCUT2D eigenvalue weighted by atomic mass is 9.79. The summed E-state index contributed by atoms with van der Waals surface area (Å²) in [5.41, 5.74) is 17.7. The van der Waals surface area contributed by atoms with Gasteiger partial charge in [0.15, 0.2) is 0 Å². The third kappa shape index (κ3) is 5.46. The molecular formula is C69H44. The van der Waals surface area contributed by atoms with Crippen LogP contribution < -0.4 is 0 Å². The number of hydrogen-bond donors (Lipinski definition) is 0. The first-order chi connectivity index (χ1) is 34.0. The molecule has 14 aromatic carbocycles. The van der Waals surface area contributed by atoms with Gasteiger partial charge in [-0.25, -0.2) is 0 Å². The van der Waals surface area contributed by atoms with Crippen LogP contribution in [0.4, 0.5) is 0 Å². The Morgan fingerprint density at radius 1 is 0.232 bits per heavy atom. The summed E-state index contributed by atoms with van der Waals surface area (Å²) in [7, 11) is 0. The molecule has 320 valence electrons. The van der Waals surface area contributed by atoms with Crippen molar-refractivity contribution in [3.8, 4) is 66.8 Å². The van der Waals surface area contributed by atoms with Crippen LogP contribution in [0, 0.1) is 0 Å². The highest BCUT2D eigenvalue weighted by Gasteiger charge is 2.35. The minimum Gasteiger partial charge on any atom is -0.0622 e. The molecule has 1 aliphatic carbocycles. The van der Waals surface area contributed by atoms with Gasteiger partial charge in [-0.3, -0.25) is 0 Å². The molecule has 0 heteroatoms. The Bertz CT molecular complexity index is 4400. The predicted molar refractivity (Wildman–Crippen MR) is 296 cm³/mol. The molecule has 0 heterocycles. The third-order valence-electron chi connectivity index (χ3n) is 16.0. The normalized spacial score (nSPS) is 13.2. The molecule has 0 aliphatic heterocycles. The molecular weight excluding hydrogens is 829 g/mol. The van der Waals surface area contributed by atoms with Crippen LogP contribution in [0.25, 0.3) is 142 Å². The van der Waals surface area contributed by atoms with Gasteiger partial charge in [0.05, 0.1) is 0 Å². The Kier molecular flexibility index (Phi) is 7.94. The lowest BCUT2D eigenvalue weighted by molar-refractivity contribution is 0.660. The second-order valence-electron chi connectivity index (χ2n) is 19.9. The first-order valence-corrected chi connectivity index (χ1v) is 24.3. The standard InChI is InChI=1S/C69H44/c1-69(2)62-21-9-8-19-54(62)55-35-30-48(39-63(55)69)60-40-61(53-33-27-47-25-23-43-15-11-17-45-29-37-58(53)68(47)65(43)45)66(56-20-7-6-18-50(56)60)49-31-34-52(59(38-49)41-12-4-3-5-13-41)51-32-26-46-24-22-42-14-10-16-44-28-36-57(51)67(46)64(42)44/h3-40H,1-2H3. The summed E-state index contributed by atoms with van der Waals surface area (Å²) < 4.78 is 0. The molecule has 0 fully saturated rings. The van der Waals surface area contributed by atoms with Crippen molar-refractivity contribution in [1.29, 1.82) is 0 Å². The Hall–Kier alpha value is -8.58. The van der Waals surface area contributed by atoms with Crippen molar-refractivity contribution in [2.24, 2.45) is 0 Å². The van der Waals surface area contributed by atoms with Crippen LogP contribution in [0.1, 0.15) is 25.0 Å². The van der Waals surface area contributed by atoms with E-state index in [0.717, 1.165) is 0 Å². The quantitative estimate of drug-likeness (QED) is 0.151. The van der Waals surface area contributed by atoms with E-state index in [1.807, 2.05) is 0 Å². The molecule has 1 aliphatic rings. The highest BCUT2D eigenvalue weighted by atomic mass is 14.4. The molecule has 0 unspecified atom stereocenters. The Labute approximate surface area is 401 Å². The number of fused-ring (bicyclic) bond motifs is 4. The zero-order valence-corrected chi connectivity index (χ0v) is 38.4. The van der Waals surface area contributed by atoms with Crippen LogP contribution in [0.3, 0.4) is 0 Å². The molecule has 0 saturated carbocycles. The fraction of sp³-hybridized carbons (Fsp3) is 0.0435. The van der Waals surface area contributed by atoms with E-state index in [0.29, 0.717) is 0 Å². The summed E-state index contributed by atoms with van der Waals surface area (Å²) in [6.45, 7) is 4.77. The van der Waals surface area contributed by atoms with Crippen molar-refractivity contribution < 1.29 is 0 Å². The van der Waals surface area contributed by atoms with Crippen molar-refractivity contribution in [3.63, 3.8) is 0 Å². The summed E-state index contributed by atoms with van der Waals surface area (Å²) in [6.07, 6.45) is 0. The lowest BCUT2D eigenvalue weighted by Crippen LogP contribution is -2.14. The third-order valence-corrected chi connectivity index (χ3v) is 16.0. The van der Waals surface area contributed by atoms with E-state index in [4.69, 9.17) is 0 Å². The second kappa shape index (κ2) is 14.2. The molecule has 15 rings (SSSR count). The van der Waals surface area contributed by atoms with Gasteiger partial charge < -0.3 is 0 Å². The van der Waals surface area contributed by atoms with E-state index in [1.54, 1.807) is 0 Å². The molecule has 14 aromatic rings. The van der Waals surface area contributed by atoms with E-state index in [9.17, 15) is 0 Å². The van der Waals surface area contributed by atoms with E-state index in [2.05, 4.69) is 244 Å². The summed E-state index contributed by atoms with van der Waals surface area (Å²) in [4.78, 5) is 0. The van der Waals surface area contributed by atoms with Crippen LogP contribution in [0.5, 0.6) is 0 Å². The molecule has 0 nitrogen and oxygen atoms in total. The van der Waals surface area contributed by atoms with Gasteiger partial charge in [0.25, 0.3) is 0 Å². The maximum absolute atomic E-state index is 2.53. The molecule has 0 radical (unpaired) electrons. The fourth-order valence-corrected chi connectivity index (χ4v) is 12.7. The Balaban J connectivity index is 1.03. The van der Waals surface area contributed by atoms with Gasteiger partial charge in [0.1, 0.15) is 0 Å². The van der Waals surface area contributed by atoms with Crippen LogP contribution in [-0.2, 0) is 5.41 Å². The van der Waals surface area contributed by atoms with Crippen molar-refractivity contribution in [3.05, 3.63) is 242 Å². The summed E-state index contributed by atoms with van der Waals surface area (Å²) in [5, 5.41) is 18.1. The van der Waals surface area contributed by atoms with Crippen LogP contribution in [0.15, 0.2) is 231 Å². The first-order valence-electron chi connectivity index (χ1n) is 24.3. The molecule has 0 bridgehead atoms. The molecule has 69 heavy (non-hydrogen) atoms. The van der Waals surface area contributed by atoms with Gasteiger partial charge in [-0.1, -0.05) is 226 Å². The fourth-order valence-electron chi connectivity index (χ4n) is 12.7. The molecule has 0 atom stereocenters. The van der Waals surface area contributed by atoms with Crippen molar-refractivity contribution in [2.75, 3.05) is 0 Å². The first kappa shape index (κ1) is 38.5. The zero-order chi connectivity index (χ0) is 45.5.